The van der Waals surface area contributed by atoms with Gasteiger partial charge in [0.1, 0.15) is 11.5 Å². The van der Waals surface area contributed by atoms with Crippen LogP contribution in [0, 0.1) is 71.0 Å². The Morgan fingerprint density at radius 3 is 0.742 bits per heavy atom. The van der Waals surface area contributed by atoms with E-state index < -0.39 is 0 Å². The maximum absolute atomic E-state index is 9.05. The molecule has 2 N–H and O–H groups in total. The molecule has 0 aromatic carbocycles. The van der Waals surface area contributed by atoms with Crippen molar-refractivity contribution >= 4 is 0 Å². The summed E-state index contributed by atoms with van der Waals surface area (Å²) in [6.45, 7) is 28.2. The van der Waals surface area contributed by atoms with Crippen molar-refractivity contribution < 1.29 is 31.9 Å². The van der Waals surface area contributed by atoms with E-state index >= 15 is 0 Å². The third kappa shape index (κ3) is 7.53. The van der Waals surface area contributed by atoms with Gasteiger partial charge in [0.15, 0.2) is 0 Å². The van der Waals surface area contributed by atoms with Crippen LogP contribution in [0.5, 0.6) is 0 Å². The molecule has 0 bridgehead atoms. The summed E-state index contributed by atoms with van der Waals surface area (Å²) < 4.78 is 0. The Hall–Kier alpha value is 0.0543. The van der Waals surface area contributed by atoms with Crippen molar-refractivity contribution in [2.24, 2.45) is 71.0 Å². The average molecular weight is 471 g/mol. The summed E-state index contributed by atoms with van der Waals surface area (Å²) in [6, 6.07) is 0. The minimum Gasteiger partial charge on any atom is -0.509 e. The molecule has 0 heterocycles. The molecule has 180 valence electrons. The Balaban J connectivity index is 0.000000429. The number of hydrogen-bond acceptors (Lipinski definition) is 2. The van der Waals surface area contributed by atoms with E-state index in [1.165, 1.54) is 0 Å². The molecule has 2 nitrogen and oxygen atoms in total. The molecule has 2 saturated carbocycles. The van der Waals surface area contributed by atoms with Crippen LogP contribution in [0.15, 0.2) is 11.5 Å². The van der Waals surface area contributed by atoms with E-state index in [0.29, 0.717) is 24.7 Å². The normalized spacial score (nSPS) is 42.6. The van der Waals surface area contributed by atoms with Gasteiger partial charge in [-0.15, -0.1) is 0 Å². The van der Waals surface area contributed by atoms with E-state index in [1.807, 2.05) is 0 Å². The van der Waals surface area contributed by atoms with Gasteiger partial charge in [0.25, 0.3) is 0 Å². The summed E-state index contributed by atoms with van der Waals surface area (Å²) in [5.41, 5.74) is 0. The SMILES string of the molecule is CC(C)C1CC(O)=C(O)C1.CC1C(C)C(C)C(C)C1C.CC1C(C)C(C)C(C)C1C.[Ti+2]. The van der Waals surface area contributed by atoms with E-state index in [1.54, 1.807) is 0 Å². The zero-order valence-electron chi connectivity index (χ0n) is 22.7. The summed E-state index contributed by atoms with van der Waals surface area (Å²) in [7, 11) is 0. The first kappa shape index (κ1) is 31.1. The van der Waals surface area contributed by atoms with Crippen molar-refractivity contribution in [3.05, 3.63) is 11.5 Å². The first-order valence-corrected chi connectivity index (χ1v) is 12.8. The molecule has 0 spiro atoms. The van der Waals surface area contributed by atoms with Crippen LogP contribution in [0.2, 0.25) is 0 Å². The van der Waals surface area contributed by atoms with Crippen LogP contribution in [0.3, 0.4) is 0 Å². The van der Waals surface area contributed by atoms with Crippen LogP contribution in [0.25, 0.3) is 0 Å². The Labute approximate surface area is 209 Å². The van der Waals surface area contributed by atoms with Crippen LogP contribution in [-0.4, -0.2) is 10.2 Å². The largest absolute Gasteiger partial charge is 2.00 e. The molecule has 0 aromatic rings. The Kier molecular flexibility index (Phi) is 13.1. The third-order valence-corrected chi connectivity index (χ3v) is 10.5. The van der Waals surface area contributed by atoms with Crippen molar-refractivity contribution in [3.8, 4) is 0 Å². The zero-order chi connectivity index (χ0) is 23.5. The summed E-state index contributed by atoms with van der Waals surface area (Å²) in [5.74, 6) is 10.7. The van der Waals surface area contributed by atoms with Gasteiger partial charge in [-0.3, -0.25) is 0 Å². The van der Waals surface area contributed by atoms with Crippen LogP contribution in [-0.2, 0) is 21.7 Å². The van der Waals surface area contributed by atoms with Gasteiger partial charge in [0.05, 0.1) is 0 Å². The number of aliphatic hydroxyl groups excluding tert-OH is 2. The molecule has 2 fully saturated rings. The predicted molar refractivity (Wildman–Crippen MR) is 131 cm³/mol. The molecular weight excluding hydrogens is 416 g/mol. The van der Waals surface area contributed by atoms with E-state index in [4.69, 9.17) is 10.2 Å². The second-order valence-electron chi connectivity index (χ2n) is 11.9. The van der Waals surface area contributed by atoms with Gasteiger partial charge < -0.3 is 10.2 Å². The smallest absolute Gasteiger partial charge is 0.509 e. The molecule has 0 amide bonds. The summed E-state index contributed by atoms with van der Waals surface area (Å²) in [4.78, 5) is 0. The van der Waals surface area contributed by atoms with Crippen molar-refractivity contribution in [1.82, 2.24) is 0 Å². The van der Waals surface area contributed by atoms with E-state index in [2.05, 4.69) is 83.1 Å². The molecule has 3 aliphatic rings. The van der Waals surface area contributed by atoms with E-state index in [0.717, 1.165) is 59.2 Å². The van der Waals surface area contributed by atoms with Gasteiger partial charge >= 0.3 is 21.7 Å². The molecule has 0 aromatic heterocycles. The molecule has 0 atom stereocenters. The number of allylic oxidation sites excluding steroid dienone is 2. The van der Waals surface area contributed by atoms with Crippen LogP contribution in [0.4, 0.5) is 0 Å². The van der Waals surface area contributed by atoms with Crippen LogP contribution >= 0.6 is 0 Å². The standard InChI is InChI=1S/2C10H20.C8H14O2.Ti/c2*1-6-7(2)9(4)10(5)8(6)3;1-5(2)6-3-7(9)8(10)4-6;/h2*6-10H,1-5H3;5-6,9-10H,3-4H2,1-2H3;/q;;;+2. The van der Waals surface area contributed by atoms with Gasteiger partial charge in [-0.1, -0.05) is 83.1 Å². The Morgan fingerprint density at radius 2 is 0.645 bits per heavy atom. The molecule has 3 heteroatoms. The molecule has 0 aliphatic heterocycles. The minimum absolute atomic E-state index is 0. The van der Waals surface area contributed by atoms with Crippen molar-refractivity contribution in [2.45, 2.75) is 95.9 Å². The quantitative estimate of drug-likeness (QED) is 0.376. The zero-order valence-corrected chi connectivity index (χ0v) is 24.3. The molecule has 0 saturated heterocycles. The molecule has 31 heavy (non-hydrogen) atoms. The Bertz CT molecular complexity index is 424. The third-order valence-electron chi connectivity index (χ3n) is 10.5. The number of rotatable bonds is 1. The van der Waals surface area contributed by atoms with Gasteiger partial charge in [0, 0.05) is 12.8 Å². The van der Waals surface area contributed by atoms with Crippen LogP contribution < -0.4 is 0 Å². The first-order chi connectivity index (χ1) is 13.7. The van der Waals surface area contributed by atoms with Gasteiger partial charge in [-0.25, -0.2) is 0 Å². The fraction of sp³-hybridized carbons (Fsp3) is 0.929. The first-order valence-electron chi connectivity index (χ1n) is 12.8. The maximum atomic E-state index is 9.05. The molecule has 0 unspecified atom stereocenters. The van der Waals surface area contributed by atoms with Crippen LogP contribution in [0.1, 0.15) is 95.9 Å². The fourth-order valence-corrected chi connectivity index (χ4v) is 6.06. The Morgan fingerprint density at radius 1 is 0.484 bits per heavy atom. The second-order valence-corrected chi connectivity index (χ2v) is 11.9. The van der Waals surface area contributed by atoms with Crippen molar-refractivity contribution in [1.29, 1.82) is 0 Å². The number of aliphatic hydroxyl groups is 2. The topological polar surface area (TPSA) is 40.5 Å². The molecule has 0 radical (unpaired) electrons. The van der Waals surface area contributed by atoms with Crippen molar-refractivity contribution in [3.63, 3.8) is 0 Å². The summed E-state index contributed by atoms with van der Waals surface area (Å²) in [5, 5.41) is 18.1. The van der Waals surface area contributed by atoms with Gasteiger partial charge in [-0.05, 0) is 71.0 Å². The van der Waals surface area contributed by atoms with Crippen molar-refractivity contribution in [2.75, 3.05) is 0 Å². The number of hydrogen-bond donors (Lipinski definition) is 2. The maximum Gasteiger partial charge on any atom is 2.00 e. The predicted octanol–water partition coefficient (Wildman–Crippen LogP) is 8.74. The van der Waals surface area contributed by atoms with E-state index in [9.17, 15) is 0 Å². The van der Waals surface area contributed by atoms with Gasteiger partial charge in [-0.2, -0.15) is 0 Å². The summed E-state index contributed by atoms with van der Waals surface area (Å²) in [6.07, 6.45) is 1.31. The molecule has 3 rings (SSSR count). The van der Waals surface area contributed by atoms with Gasteiger partial charge in [0.2, 0.25) is 0 Å². The van der Waals surface area contributed by atoms with E-state index in [-0.39, 0.29) is 33.2 Å². The molecular formula is C28H54O2Ti+2. The summed E-state index contributed by atoms with van der Waals surface area (Å²) >= 11 is 0. The monoisotopic (exact) mass is 470 g/mol. The minimum atomic E-state index is 0. The molecule has 3 aliphatic carbocycles. The second kappa shape index (κ2) is 13.1. The fourth-order valence-electron chi connectivity index (χ4n) is 6.06. The average Bonchev–Trinajstić information content (AvgIpc) is 3.19.